The van der Waals surface area contributed by atoms with Crippen LogP contribution in [0.4, 0.5) is 0 Å². The number of hydrogen-bond donors (Lipinski definition) is 1. The molecule has 1 N–H and O–H groups in total. The molecule has 1 unspecified atom stereocenters. The van der Waals surface area contributed by atoms with Gasteiger partial charge >= 0.3 is 0 Å². The largest absolute Gasteiger partial charge is 0.507 e. The van der Waals surface area contributed by atoms with E-state index in [1.807, 2.05) is 6.07 Å². The smallest absolute Gasteiger partial charge is 0.295 e. The Labute approximate surface area is 179 Å². The van der Waals surface area contributed by atoms with Crippen molar-refractivity contribution in [3.8, 4) is 11.5 Å². The highest BCUT2D eigenvalue weighted by Crippen LogP contribution is 2.40. The first-order valence-corrected chi connectivity index (χ1v) is 10.5. The van der Waals surface area contributed by atoms with E-state index >= 15 is 0 Å². The van der Waals surface area contributed by atoms with Gasteiger partial charge in [-0.2, -0.15) is 0 Å². The molecule has 5 rings (SSSR count). The highest BCUT2D eigenvalue weighted by Gasteiger charge is 2.46. The summed E-state index contributed by atoms with van der Waals surface area (Å²) in [5, 5.41) is 11.1. The lowest BCUT2D eigenvalue weighted by Gasteiger charge is -2.26. The van der Waals surface area contributed by atoms with Gasteiger partial charge in [-0.05, 0) is 56.3 Å². The molecule has 8 nitrogen and oxygen atoms in total. The molecule has 4 heterocycles. The first kappa shape index (κ1) is 19.6. The van der Waals surface area contributed by atoms with Crippen LogP contribution in [0.25, 0.3) is 5.76 Å². The lowest BCUT2D eigenvalue weighted by Crippen LogP contribution is -2.37. The number of amides is 1. The molecule has 31 heavy (non-hydrogen) atoms. The van der Waals surface area contributed by atoms with Gasteiger partial charge in [0.05, 0.1) is 11.3 Å². The molecule has 3 aliphatic rings. The highest BCUT2D eigenvalue weighted by atomic mass is 16.7. The summed E-state index contributed by atoms with van der Waals surface area (Å²) in [6, 6.07) is 9.56. The third-order valence-electron chi connectivity index (χ3n) is 6.01. The van der Waals surface area contributed by atoms with Crippen molar-refractivity contribution in [2.24, 2.45) is 0 Å². The zero-order chi connectivity index (χ0) is 21.4. The van der Waals surface area contributed by atoms with E-state index in [4.69, 9.17) is 9.47 Å². The molecule has 2 aromatic rings. The van der Waals surface area contributed by atoms with Crippen LogP contribution in [-0.4, -0.2) is 64.6 Å². The van der Waals surface area contributed by atoms with Crippen molar-refractivity contribution in [3.05, 3.63) is 59.4 Å². The number of fused-ring (bicyclic) bond motifs is 1. The van der Waals surface area contributed by atoms with Gasteiger partial charge in [-0.25, -0.2) is 0 Å². The van der Waals surface area contributed by atoms with Crippen LogP contribution in [-0.2, 0) is 9.59 Å². The minimum atomic E-state index is -0.741. The highest BCUT2D eigenvalue weighted by molar-refractivity contribution is 6.46. The summed E-state index contributed by atoms with van der Waals surface area (Å²) < 4.78 is 10.7. The van der Waals surface area contributed by atoms with E-state index in [1.54, 1.807) is 36.5 Å². The fourth-order valence-corrected chi connectivity index (χ4v) is 4.41. The van der Waals surface area contributed by atoms with Crippen molar-refractivity contribution in [3.63, 3.8) is 0 Å². The van der Waals surface area contributed by atoms with E-state index < -0.39 is 17.7 Å². The zero-order valence-electron chi connectivity index (χ0n) is 17.0. The molecule has 1 aromatic carbocycles. The lowest BCUT2D eigenvalue weighted by atomic mass is 9.98. The maximum atomic E-state index is 13.0. The maximum absolute atomic E-state index is 13.0. The number of aliphatic hydroxyl groups is 1. The number of ether oxygens (including phenoxy) is 2. The number of hydrogen-bond acceptors (Lipinski definition) is 7. The number of aliphatic hydroxyl groups excluding tert-OH is 1. The van der Waals surface area contributed by atoms with Crippen molar-refractivity contribution in [1.29, 1.82) is 0 Å². The van der Waals surface area contributed by atoms with Crippen molar-refractivity contribution < 1.29 is 24.2 Å². The van der Waals surface area contributed by atoms with E-state index in [0.717, 1.165) is 25.9 Å². The van der Waals surface area contributed by atoms with Gasteiger partial charge in [0.25, 0.3) is 11.7 Å². The van der Waals surface area contributed by atoms with E-state index in [0.29, 0.717) is 35.8 Å². The van der Waals surface area contributed by atoms with Gasteiger partial charge < -0.3 is 24.4 Å². The molecule has 8 heteroatoms. The Kier molecular flexibility index (Phi) is 5.07. The first-order valence-electron chi connectivity index (χ1n) is 10.5. The van der Waals surface area contributed by atoms with Crippen molar-refractivity contribution in [1.82, 2.24) is 14.8 Å². The Balaban J connectivity index is 1.54. The van der Waals surface area contributed by atoms with Gasteiger partial charge in [0.15, 0.2) is 11.5 Å². The van der Waals surface area contributed by atoms with Crippen molar-refractivity contribution >= 4 is 17.4 Å². The molecule has 1 atom stereocenters. The summed E-state index contributed by atoms with van der Waals surface area (Å²) in [4.78, 5) is 34.2. The third-order valence-corrected chi connectivity index (χ3v) is 6.01. The van der Waals surface area contributed by atoms with E-state index in [9.17, 15) is 14.7 Å². The van der Waals surface area contributed by atoms with Crippen LogP contribution in [0.1, 0.15) is 30.1 Å². The quantitative estimate of drug-likeness (QED) is 0.450. The number of likely N-dealkylation sites (tertiary alicyclic amines) is 2. The summed E-state index contributed by atoms with van der Waals surface area (Å²) >= 11 is 0. The van der Waals surface area contributed by atoms with E-state index in [-0.39, 0.29) is 18.1 Å². The number of rotatable bonds is 5. The molecule has 2 fully saturated rings. The average molecular weight is 421 g/mol. The molecule has 160 valence electrons. The van der Waals surface area contributed by atoms with Gasteiger partial charge in [0, 0.05) is 24.8 Å². The second-order valence-electron chi connectivity index (χ2n) is 7.86. The summed E-state index contributed by atoms with van der Waals surface area (Å²) in [6.07, 6.45) is 3.91. The van der Waals surface area contributed by atoms with Crippen molar-refractivity contribution in [2.75, 3.05) is 33.0 Å². The Morgan fingerprint density at radius 2 is 1.87 bits per heavy atom. The summed E-state index contributed by atoms with van der Waals surface area (Å²) in [5.74, 6) is -0.494. The maximum Gasteiger partial charge on any atom is 0.295 e. The van der Waals surface area contributed by atoms with Crippen molar-refractivity contribution in [2.45, 2.75) is 18.9 Å². The number of ketones is 1. The fourth-order valence-electron chi connectivity index (χ4n) is 4.41. The summed E-state index contributed by atoms with van der Waals surface area (Å²) in [5.41, 5.74) is 0.983. The first-order chi connectivity index (χ1) is 15.1. The van der Waals surface area contributed by atoms with Crippen LogP contribution in [0.15, 0.2) is 48.2 Å². The third kappa shape index (κ3) is 3.53. The standard InChI is InChI=1S/C23H23N3O5/c27-21(15-6-7-17-18(13-15)31-14-30-17)19-20(16-5-1-2-8-24-16)26(23(29)22(19)28)12-11-25-9-3-4-10-25/h1-2,5-8,13,20,27H,3-4,9-12,14H2/b21-19+. The summed E-state index contributed by atoms with van der Waals surface area (Å²) in [6.45, 7) is 3.17. The van der Waals surface area contributed by atoms with Gasteiger partial charge in [-0.3, -0.25) is 14.6 Å². The number of Topliss-reactive ketones (excluding diaryl/α,β-unsaturated/α-hetero) is 1. The molecule has 2 saturated heterocycles. The van der Waals surface area contributed by atoms with Crippen LogP contribution < -0.4 is 9.47 Å². The number of carbonyl (C=O) groups is 2. The summed E-state index contributed by atoms with van der Waals surface area (Å²) in [7, 11) is 0. The molecule has 0 radical (unpaired) electrons. The number of carbonyl (C=O) groups excluding carboxylic acids is 2. The second-order valence-corrected chi connectivity index (χ2v) is 7.86. The van der Waals surface area contributed by atoms with Crippen LogP contribution in [0.2, 0.25) is 0 Å². The fraction of sp³-hybridized carbons (Fsp3) is 0.348. The van der Waals surface area contributed by atoms with Crippen LogP contribution in [0, 0.1) is 0 Å². The number of aromatic nitrogens is 1. The number of benzene rings is 1. The molecule has 1 aromatic heterocycles. The van der Waals surface area contributed by atoms with Gasteiger partial charge in [0.2, 0.25) is 6.79 Å². The average Bonchev–Trinajstić information content (AvgIpc) is 3.53. The molecule has 0 aliphatic carbocycles. The number of pyridine rings is 1. The Hall–Kier alpha value is -3.39. The molecule has 0 bridgehead atoms. The van der Waals surface area contributed by atoms with E-state index in [1.165, 1.54) is 4.90 Å². The SMILES string of the molecule is O=C1C(=O)N(CCN2CCCC2)C(c2ccccn2)/C1=C(\O)c1ccc2c(c1)OCO2. The molecule has 0 spiro atoms. The normalized spacial score (nSPS) is 22.5. The molecule has 0 saturated carbocycles. The topological polar surface area (TPSA) is 92.2 Å². The Bertz CT molecular complexity index is 1050. The molecule has 1 amide bonds. The van der Waals surface area contributed by atoms with Gasteiger partial charge in [-0.15, -0.1) is 0 Å². The van der Waals surface area contributed by atoms with Gasteiger partial charge in [-0.1, -0.05) is 6.07 Å². The number of nitrogens with zero attached hydrogens (tertiary/aromatic N) is 3. The molecular formula is C23H23N3O5. The second kappa shape index (κ2) is 8.03. The molecular weight excluding hydrogens is 398 g/mol. The lowest BCUT2D eigenvalue weighted by molar-refractivity contribution is -0.140. The van der Waals surface area contributed by atoms with E-state index in [2.05, 4.69) is 9.88 Å². The van der Waals surface area contributed by atoms with Gasteiger partial charge in [0.1, 0.15) is 11.8 Å². The van der Waals surface area contributed by atoms with Crippen LogP contribution in [0.3, 0.4) is 0 Å². The zero-order valence-corrected chi connectivity index (χ0v) is 17.0. The Morgan fingerprint density at radius 3 is 2.65 bits per heavy atom. The minimum Gasteiger partial charge on any atom is -0.507 e. The van der Waals surface area contributed by atoms with Crippen LogP contribution >= 0.6 is 0 Å². The predicted molar refractivity (Wildman–Crippen MR) is 111 cm³/mol. The minimum absolute atomic E-state index is 0.0454. The Morgan fingerprint density at radius 1 is 1.06 bits per heavy atom. The van der Waals surface area contributed by atoms with Crippen LogP contribution in [0.5, 0.6) is 11.5 Å². The predicted octanol–water partition coefficient (Wildman–Crippen LogP) is 2.33. The molecule has 3 aliphatic heterocycles. The monoisotopic (exact) mass is 421 g/mol.